The van der Waals surface area contributed by atoms with Crippen molar-refractivity contribution in [3.63, 3.8) is 0 Å². The second-order valence-corrected chi connectivity index (χ2v) is 3.24. The van der Waals surface area contributed by atoms with Crippen LogP contribution in [-0.2, 0) is 4.79 Å². The molecule has 5 nitrogen and oxygen atoms in total. The molecule has 76 valence electrons. The molecule has 0 aromatic rings. The van der Waals surface area contributed by atoms with E-state index >= 15 is 0 Å². The topological polar surface area (TPSA) is 82.5 Å². The predicted octanol–water partition coefficient (Wildman–Crippen LogP) is 0.0832. The zero-order valence-electron chi connectivity index (χ0n) is 8.23. The molecular formula is C9H14N4O. The highest BCUT2D eigenvalue weighted by molar-refractivity contribution is 6.06. The van der Waals surface area contributed by atoms with Crippen LogP contribution in [-0.4, -0.2) is 29.7 Å². The van der Waals surface area contributed by atoms with E-state index in [4.69, 9.17) is 11.0 Å². The fraction of sp³-hybridized carbons (Fsp3) is 0.667. The second-order valence-electron chi connectivity index (χ2n) is 3.24. The molecule has 0 aromatic heterocycles. The Morgan fingerprint density at radius 2 is 2.43 bits per heavy atom. The average molecular weight is 194 g/mol. The van der Waals surface area contributed by atoms with Crippen LogP contribution in [0.2, 0.25) is 0 Å². The highest BCUT2D eigenvalue weighted by Gasteiger charge is 2.31. The van der Waals surface area contributed by atoms with Gasteiger partial charge in [-0.15, -0.1) is 0 Å². The maximum atomic E-state index is 11.7. The summed E-state index contributed by atoms with van der Waals surface area (Å²) in [6.45, 7) is 2.69. The van der Waals surface area contributed by atoms with Crippen molar-refractivity contribution in [2.45, 2.75) is 19.8 Å². The first kappa shape index (κ1) is 10.7. The minimum Gasteiger partial charge on any atom is -0.330 e. The number of hydrogen-bond donors (Lipinski definition) is 1. The molecule has 0 bridgehead atoms. The highest BCUT2D eigenvalue weighted by Crippen LogP contribution is 2.18. The minimum atomic E-state index is -0.168. The lowest BCUT2D eigenvalue weighted by atomic mass is 10.0. The van der Waals surface area contributed by atoms with Crippen LogP contribution < -0.4 is 5.73 Å². The molecule has 1 heterocycles. The van der Waals surface area contributed by atoms with Gasteiger partial charge in [0.1, 0.15) is 0 Å². The Labute approximate surface area is 83.2 Å². The van der Waals surface area contributed by atoms with E-state index in [2.05, 4.69) is 5.10 Å². The van der Waals surface area contributed by atoms with E-state index in [1.165, 1.54) is 5.01 Å². The van der Waals surface area contributed by atoms with Crippen molar-refractivity contribution in [3.8, 4) is 6.07 Å². The van der Waals surface area contributed by atoms with E-state index in [9.17, 15) is 4.79 Å². The summed E-state index contributed by atoms with van der Waals surface area (Å²) < 4.78 is 0. The van der Waals surface area contributed by atoms with Gasteiger partial charge in [0.25, 0.3) is 5.91 Å². The van der Waals surface area contributed by atoms with Crippen molar-refractivity contribution in [2.75, 3.05) is 13.1 Å². The van der Waals surface area contributed by atoms with E-state index < -0.39 is 0 Å². The van der Waals surface area contributed by atoms with Crippen molar-refractivity contribution < 1.29 is 4.79 Å². The van der Waals surface area contributed by atoms with E-state index in [1.54, 1.807) is 0 Å². The largest absolute Gasteiger partial charge is 0.330 e. The summed E-state index contributed by atoms with van der Waals surface area (Å²) in [5, 5.41) is 13.9. The number of rotatable bonds is 4. The highest BCUT2D eigenvalue weighted by atomic mass is 16.2. The molecule has 0 saturated heterocycles. The number of hydrazone groups is 1. The van der Waals surface area contributed by atoms with Crippen LogP contribution >= 0.6 is 0 Å². The third-order valence-corrected chi connectivity index (χ3v) is 2.23. The van der Waals surface area contributed by atoms with Crippen molar-refractivity contribution in [1.29, 1.82) is 5.26 Å². The monoisotopic (exact) mass is 194 g/mol. The molecule has 1 aliphatic heterocycles. The van der Waals surface area contributed by atoms with Gasteiger partial charge in [-0.2, -0.15) is 10.4 Å². The molecule has 1 unspecified atom stereocenters. The van der Waals surface area contributed by atoms with Crippen molar-refractivity contribution >= 4 is 11.6 Å². The number of carbonyl (C=O) groups excluding carboxylic acids is 1. The first-order chi connectivity index (χ1) is 6.70. The van der Waals surface area contributed by atoms with Crippen LogP contribution in [0, 0.1) is 17.2 Å². The second kappa shape index (κ2) is 4.72. The molecule has 1 rings (SSSR count). The molecule has 0 saturated carbocycles. The average Bonchev–Trinajstić information content (AvgIpc) is 2.43. The number of hydrogen-bond acceptors (Lipinski definition) is 4. The van der Waals surface area contributed by atoms with Gasteiger partial charge in [-0.05, 0) is 19.9 Å². The Hall–Kier alpha value is -1.41. The van der Waals surface area contributed by atoms with Gasteiger partial charge in [0.2, 0.25) is 0 Å². The van der Waals surface area contributed by atoms with Crippen LogP contribution in [0.1, 0.15) is 19.8 Å². The van der Waals surface area contributed by atoms with Gasteiger partial charge in [-0.25, -0.2) is 5.01 Å². The summed E-state index contributed by atoms with van der Waals surface area (Å²) >= 11 is 0. The van der Waals surface area contributed by atoms with Crippen molar-refractivity contribution in [2.24, 2.45) is 16.8 Å². The van der Waals surface area contributed by atoms with Gasteiger partial charge in [-0.3, -0.25) is 4.79 Å². The van der Waals surface area contributed by atoms with Gasteiger partial charge >= 0.3 is 0 Å². The fourth-order valence-corrected chi connectivity index (χ4v) is 1.48. The number of nitriles is 1. The molecule has 2 N–H and O–H groups in total. The van der Waals surface area contributed by atoms with Gasteiger partial charge in [0, 0.05) is 5.71 Å². The Bertz CT molecular complexity index is 292. The van der Waals surface area contributed by atoms with Crippen LogP contribution in [0.5, 0.6) is 0 Å². The Kier molecular flexibility index (Phi) is 3.60. The van der Waals surface area contributed by atoms with Gasteiger partial charge < -0.3 is 5.73 Å². The number of nitrogens with two attached hydrogens (primary N) is 1. The summed E-state index contributed by atoms with van der Waals surface area (Å²) in [7, 11) is 0. The molecular weight excluding hydrogens is 180 g/mol. The van der Waals surface area contributed by atoms with Crippen LogP contribution in [0.3, 0.4) is 0 Å². The van der Waals surface area contributed by atoms with Crippen molar-refractivity contribution in [1.82, 2.24) is 5.01 Å². The van der Waals surface area contributed by atoms with Crippen molar-refractivity contribution in [3.05, 3.63) is 0 Å². The third kappa shape index (κ3) is 2.09. The third-order valence-electron chi connectivity index (χ3n) is 2.23. The maximum Gasteiger partial charge on any atom is 0.251 e. The molecule has 1 amide bonds. The van der Waals surface area contributed by atoms with Crippen LogP contribution in [0.4, 0.5) is 0 Å². The molecule has 5 heteroatoms. The first-order valence-corrected chi connectivity index (χ1v) is 4.64. The summed E-state index contributed by atoms with van der Waals surface area (Å²) in [6.07, 6.45) is 0.953. The quantitative estimate of drug-likeness (QED) is 0.688. The molecule has 1 atom stereocenters. The number of carbonyl (C=O) groups is 1. The van der Waals surface area contributed by atoms with Crippen LogP contribution in [0.25, 0.3) is 0 Å². The molecule has 14 heavy (non-hydrogen) atoms. The summed E-state index contributed by atoms with van der Waals surface area (Å²) in [5.41, 5.74) is 6.20. The van der Waals surface area contributed by atoms with Gasteiger partial charge in [0.05, 0.1) is 25.0 Å². The first-order valence-electron chi connectivity index (χ1n) is 4.64. The molecule has 0 aromatic carbocycles. The molecule has 0 fully saturated rings. The standard InChI is InChI=1S/C9H14N4O/c1-7-8(3-5-11)9(14)13(12-7)6-2-4-10/h8H,2-3,5-6,11H2,1H3. The zero-order valence-corrected chi connectivity index (χ0v) is 8.23. The Morgan fingerprint density at radius 1 is 1.71 bits per heavy atom. The fourth-order valence-electron chi connectivity index (χ4n) is 1.48. The molecule has 0 aliphatic carbocycles. The lowest BCUT2D eigenvalue weighted by molar-refractivity contribution is -0.131. The summed E-state index contributed by atoms with van der Waals surface area (Å²) in [6, 6.07) is 1.99. The summed E-state index contributed by atoms with van der Waals surface area (Å²) in [4.78, 5) is 11.7. The maximum absolute atomic E-state index is 11.7. The predicted molar refractivity (Wildman–Crippen MR) is 52.2 cm³/mol. The van der Waals surface area contributed by atoms with Crippen LogP contribution in [0.15, 0.2) is 5.10 Å². The van der Waals surface area contributed by atoms with E-state index in [1.807, 2.05) is 13.0 Å². The number of nitrogens with zero attached hydrogens (tertiary/aromatic N) is 3. The normalized spacial score (nSPS) is 20.9. The van der Waals surface area contributed by atoms with Gasteiger partial charge in [0.15, 0.2) is 0 Å². The zero-order chi connectivity index (χ0) is 10.6. The lowest BCUT2D eigenvalue weighted by Gasteiger charge is -2.11. The SMILES string of the molecule is CC1=NN(CCC#N)C(=O)C1CCN. The Morgan fingerprint density at radius 3 is 3.00 bits per heavy atom. The number of amides is 1. The minimum absolute atomic E-state index is 0.0248. The molecule has 1 aliphatic rings. The van der Waals surface area contributed by atoms with E-state index in [0.717, 1.165) is 5.71 Å². The van der Waals surface area contributed by atoms with E-state index in [-0.39, 0.29) is 11.8 Å². The lowest BCUT2D eigenvalue weighted by Crippen LogP contribution is -2.29. The molecule has 0 spiro atoms. The van der Waals surface area contributed by atoms with E-state index in [0.29, 0.717) is 25.9 Å². The smallest absolute Gasteiger partial charge is 0.251 e. The molecule has 0 radical (unpaired) electrons. The Balaban J connectivity index is 2.59. The summed E-state index contributed by atoms with van der Waals surface area (Å²) in [5.74, 6) is -0.193. The van der Waals surface area contributed by atoms with Gasteiger partial charge in [-0.1, -0.05) is 0 Å².